The summed E-state index contributed by atoms with van der Waals surface area (Å²) < 4.78 is 57.6. The van der Waals surface area contributed by atoms with E-state index < -0.39 is 23.5 Å². The lowest BCUT2D eigenvalue weighted by Gasteiger charge is -2.39. The molecule has 0 atom stereocenters. The Morgan fingerprint density at radius 1 is 1.18 bits per heavy atom. The molecule has 172 valence electrons. The quantitative estimate of drug-likeness (QED) is 0.561. The van der Waals surface area contributed by atoms with Gasteiger partial charge < -0.3 is 10.1 Å². The maximum Gasteiger partial charge on any atom is 0.416 e. The molecule has 0 radical (unpaired) electrons. The van der Waals surface area contributed by atoms with E-state index in [1.165, 1.54) is 19.5 Å². The van der Waals surface area contributed by atoms with E-state index in [4.69, 9.17) is 4.74 Å². The lowest BCUT2D eigenvalue weighted by atomic mass is 9.94. The second kappa shape index (κ2) is 9.10. The molecule has 1 aliphatic rings. The zero-order valence-corrected chi connectivity index (χ0v) is 17.4. The highest BCUT2D eigenvalue weighted by atomic mass is 19.4. The molecule has 4 rings (SSSR count). The summed E-state index contributed by atoms with van der Waals surface area (Å²) in [4.78, 5) is 18.9. The first-order valence-electron chi connectivity index (χ1n) is 9.95. The topological polar surface area (TPSA) is 80.2 Å². The first-order chi connectivity index (χ1) is 15.7. The Kier molecular flexibility index (Phi) is 6.23. The van der Waals surface area contributed by atoms with E-state index in [1.54, 1.807) is 18.2 Å². The molecule has 33 heavy (non-hydrogen) atoms. The Bertz CT molecular complexity index is 1150. The monoisotopic (exact) mass is 461 g/mol. The smallest absolute Gasteiger partial charge is 0.416 e. The fourth-order valence-corrected chi connectivity index (χ4v) is 3.62. The number of likely N-dealkylation sites (tertiary alicyclic amines) is 1. The second-order valence-corrected chi connectivity index (χ2v) is 7.62. The number of carbonyl (C=O) groups excluding carboxylic acids is 1. The molecule has 1 saturated heterocycles. The molecule has 11 heteroatoms. The van der Waals surface area contributed by atoms with Crippen molar-refractivity contribution in [1.82, 2.24) is 20.1 Å². The number of nitrogens with zero attached hydrogens (tertiary/aromatic N) is 4. The Morgan fingerprint density at radius 3 is 2.64 bits per heavy atom. The van der Waals surface area contributed by atoms with Gasteiger partial charge in [0.05, 0.1) is 36.4 Å². The van der Waals surface area contributed by atoms with Crippen molar-refractivity contribution >= 4 is 11.6 Å². The van der Waals surface area contributed by atoms with Crippen LogP contribution in [0.3, 0.4) is 0 Å². The van der Waals surface area contributed by atoms with E-state index in [0.717, 1.165) is 12.1 Å². The first kappa shape index (κ1) is 22.6. The number of rotatable bonds is 6. The van der Waals surface area contributed by atoms with Crippen molar-refractivity contribution in [2.75, 3.05) is 25.5 Å². The van der Waals surface area contributed by atoms with E-state index in [0.29, 0.717) is 30.5 Å². The third kappa shape index (κ3) is 5.25. The number of amides is 1. The number of aromatic nitrogens is 3. The van der Waals surface area contributed by atoms with Crippen LogP contribution < -0.4 is 10.1 Å². The molecule has 1 N–H and O–H groups in total. The minimum Gasteiger partial charge on any atom is -0.480 e. The molecule has 3 heterocycles. The Hall–Kier alpha value is -3.60. The summed E-state index contributed by atoms with van der Waals surface area (Å²) in [6.07, 6.45) is -1.74. The predicted molar refractivity (Wildman–Crippen MR) is 110 cm³/mol. The lowest BCUT2D eigenvalue weighted by molar-refractivity contribution is -0.137. The molecule has 0 bridgehead atoms. The summed E-state index contributed by atoms with van der Waals surface area (Å²) in [5.74, 6) is -1.16. The van der Waals surface area contributed by atoms with Crippen molar-refractivity contribution in [3.05, 3.63) is 77.0 Å². The standard InChI is InChI=1S/C22H19F4N5O2/c1-33-21-18(20(32)29-17-4-5-27-28-9-17)2-3-19(30-21)14-11-31(12-14)10-13-6-15(22(24,25)26)8-16(23)7-13/h2-9,14H,10-12H2,1H3,(H,27,29,32). The van der Waals surface area contributed by atoms with Crippen LogP contribution in [0.25, 0.3) is 0 Å². The summed E-state index contributed by atoms with van der Waals surface area (Å²) in [5, 5.41) is 10.0. The molecule has 0 aliphatic carbocycles. The Morgan fingerprint density at radius 2 is 1.97 bits per heavy atom. The van der Waals surface area contributed by atoms with Crippen molar-refractivity contribution in [1.29, 1.82) is 0 Å². The van der Waals surface area contributed by atoms with Gasteiger partial charge in [-0.15, -0.1) is 0 Å². The SMILES string of the molecule is COc1nc(C2CN(Cc3cc(F)cc(C(F)(F)F)c3)C2)ccc1C(=O)Nc1ccnnc1. The van der Waals surface area contributed by atoms with Crippen molar-refractivity contribution in [2.45, 2.75) is 18.6 Å². The summed E-state index contributed by atoms with van der Waals surface area (Å²) in [5.41, 5.74) is 0.664. The number of ether oxygens (including phenoxy) is 1. The van der Waals surface area contributed by atoms with Gasteiger partial charge in [-0.2, -0.15) is 23.4 Å². The Labute approximate surface area is 186 Å². The van der Waals surface area contributed by atoms with E-state index in [2.05, 4.69) is 20.5 Å². The minimum absolute atomic E-state index is 0.0102. The molecule has 1 aliphatic heterocycles. The zero-order chi connectivity index (χ0) is 23.6. The van der Waals surface area contributed by atoms with Crippen LogP contribution in [-0.4, -0.2) is 46.2 Å². The zero-order valence-electron chi connectivity index (χ0n) is 17.4. The molecular formula is C22H19F4N5O2. The summed E-state index contributed by atoms with van der Waals surface area (Å²) in [7, 11) is 1.41. The van der Waals surface area contributed by atoms with Gasteiger partial charge in [0.2, 0.25) is 5.88 Å². The highest BCUT2D eigenvalue weighted by Crippen LogP contribution is 2.33. The van der Waals surface area contributed by atoms with Crippen molar-refractivity contribution in [3.63, 3.8) is 0 Å². The van der Waals surface area contributed by atoms with E-state index in [9.17, 15) is 22.4 Å². The third-order valence-corrected chi connectivity index (χ3v) is 5.23. The molecule has 0 spiro atoms. The highest BCUT2D eigenvalue weighted by Gasteiger charge is 2.33. The molecular weight excluding hydrogens is 442 g/mol. The van der Waals surface area contributed by atoms with E-state index in [-0.39, 0.29) is 29.5 Å². The average molecular weight is 461 g/mol. The molecule has 1 aromatic carbocycles. The van der Waals surface area contributed by atoms with Gasteiger partial charge in [-0.1, -0.05) is 0 Å². The lowest BCUT2D eigenvalue weighted by Crippen LogP contribution is -2.44. The number of nitrogens with one attached hydrogen (secondary N) is 1. The molecule has 0 saturated carbocycles. The van der Waals surface area contributed by atoms with E-state index >= 15 is 0 Å². The molecule has 3 aromatic rings. The largest absolute Gasteiger partial charge is 0.480 e. The number of carbonyl (C=O) groups is 1. The fraction of sp³-hybridized carbons (Fsp3) is 0.273. The van der Waals surface area contributed by atoms with Crippen LogP contribution in [0.2, 0.25) is 0 Å². The van der Waals surface area contributed by atoms with Crippen molar-refractivity contribution in [2.24, 2.45) is 0 Å². The first-order valence-corrected chi connectivity index (χ1v) is 9.95. The maximum absolute atomic E-state index is 13.6. The normalized spacial score (nSPS) is 14.6. The van der Waals surface area contributed by atoms with Crippen LogP contribution >= 0.6 is 0 Å². The number of halogens is 4. The van der Waals surface area contributed by atoms with Gasteiger partial charge in [-0.25, -0.2) is 9.37 Å². The number of anilines is 1. The number of methoxy groups -OCH3 is 1. The second-order valence-electron chi connectivity index (χ2n) is 7.62. The molecule has 0 unspecified atom stereocenters. The van der Waals surface area contributed by atoms with Gasteiger partial charge >= 0.3 is 6.18 Å². The number of alkyl halides is 3. The maximum atomic E-state index is 13.6. The number of benzene rings is 1. The van der Waals surface area contributed by atoms with Gasteiger partial charge in [0, 0.05) is 25.6 Å². The summed E-state index contributed by atoms with van der Waals surface area (Å²) in [6.45, 7) is 1.25. The van der Waals surface area contributed by atoms with Gasteiger partial charge in [0.1, 0.15) is 11.4 Å². The van der Waals surface area contributed by atoms with Gasteiger partial charge in [0.15, 0.2) is 0 Å². The summed E-state index contributed by atoms with van der Waals surface area (Å²) >= 11 is 0. The predicted octanol–water partition coefficient (Wildman–Crippen LogP) is 3.89. The molecule has 7 nitrogen and oxygen atoms in total. The third-order valence-electron chi connectivity index (χ3n) is 5.23. The van der Waals surface area contributed by atoms with Crippen LogP contribution in [0.5, 0.6) is 5.88 Å². The number of hydrogen-bond acceptors (Lipinski definition) is 6. The molecule has 1 fully saturated rings. The van der Waals surface area contributed by atoms with Crippen LogP contribution in [0.4, 0.5) is 23.2 Å². The summed E-state index contributed by atoms with van der Waals surface area (Å²) in [6, 6.07) is 7.48. The highest BCUT2D eigenvalue weighted by molar-refractivity contribution is 6.05. The number of hydrogen-bond donors (Lipinski definition) is 1. The van der Waals surface area contributed by atoms with Crippen LogP contribution in [0, 0.1) is 5.82 Å². The fourth-order valence-electron chi connectivity index (χ4n) is 3.62. The number of pyridine rings is 1. The van der Waals surface area contributed by atoms with Gasteiger partial charge in [0.25, 0.3) is 5.91 Å². The van der Waals surface area contributed by atoms with Crippen LogP contribution in [-0.2, 0) is 12.7 Å². The van der Waals surface area contributed by atoms with E-state index in [1.807, 2.05) is 4.90 Å². The van der Waals surface area contributed by atoms with Gasteiger partial charge in [-0.3, -0.25) is 9.69 Å². The Balaban J connectivity index is 1.40. The van der Waals surface area contributed by atoms with Crippen molar-refractivity contribution < 1.29 is 27.1 Å². The molecule has 2 aromatic heterocycles. The van der Waals surface area contributed by atoms with Crippen LogP contribution in [0.1, 0.15) is 33.1 Å². The van der Waals surface area contributed by atoms with Crippen molar-refractivity contribution in [3.8, 4) is 5.88 Å². The molecule has 1 amide bonds. The minimum atomic E-state index is -4.60. The van der Waals surface area contributed by atoms with Crippen LogP contribution in [0.15, 0.2) is 48.8 Å². The average Bonchev–Trinajstić information content (AvgIpc) is 2.75. The van der Waals surface area contributed by atoms with Gasteiger partial charge in [-0.05, 0) is 42.0 Å².